The lowest BCUT2D eigenvalue weighted by molar-refractivity contribution is 0.502. The molecule has 0 fully saturated rings. The van der Waals surface area contributed by atoms with Crippen molar-refractivity contribution in [3.05, 3.63) is 108 Å². The largest absolute Gasteiger partial charge is 0.443 e. The first-order valence-electron chi connectivity index (χ1n) is 7.94. The Morgan fingerprint density at radius 1 is 0.464 bits per heavy atom. The molecule has 0 unspecified atom stereocenters. The van der Waals surface area contributed by atoms with Gasteiger partial charge in [0, 0.05) is 5.92 Å². The van der Waals surface area contributed by atoms with Gasteiger partial charge in [0.1, 0.15) is 0 Å². The number of hydrogen-bond donors (Lipinski definition) is 3. The molecule has 3 aromatic rings. The highest BCUT2D eigenvalue weighted by molar-refractivity contribution is 5.42. The number of hydrogen-bond acceptors (Lipinski definition) is 6. The number of benzene rings is 3. The predicted octanol–water partition coefficient (Wildman–Crippen LogP) is 4.39. The van der Waals surface area contributed by atoms with E-state index >= 15 is 0 Å². The Morgan fingerprint density at radius 3 is 0.821 bits per heavy atom. The maximum absolute atomic E-state index is 6.88. The molecule has 0 aliphatic heterocycles. The summed E-state index contributed by atoms with van der Waals surface area (Å²) in [4.78, 5) is 0. The predicted molar refractivity (Wildman–Crippen MR) is 103 cm³/mol. The van der Waals surface area contributed by atoms with Crippen molar-refractivity contribution in [3.63, 3.8) is 0 Å². The summed E-state index contributed by atoms with van der Waals surface area (Å²) in [6, 6.07) is 32.0. The lowest BCUT2D eigenvalue weighted by Crippen LogP contribution is -2.02. The highest BCUT2D eigenvalue weighted by Gasteiger charge is 2.15. The van der Waals surface area contributed by atoms with Crippen molar-refractivity contribution >= 4 is 0 Å². The van der Waals surface area contributed by atoms with Gasteiger partial charge in [-0.25, -0.2) is 0 Å². The monoisotopic (exact) mass is 373 g/mol. The Labute approximate surface area is 164 Å². The molecular formula is C22H19N3O3. The van der Waals surface area contributed by atoms with Crippen LogP contribution in [-0.2, 0) is 0 Å². The zero-order valence-corrected chi connectivity index (χ0v) is 14.9. The summed E-state index contributed by atoms with van der Waals surface area (Å²) in [5.41, 5.74) is 4.00. The minimum absolute atomic E-state index is 0.309. The molecule has 28 heavy (non-hydrogen) atoms. The lowest BCUT2D eigenvalue weighted by atomic mass is 9.85. The molecule has 0 atom stereocenters. The van der Waals surface area contributed by atoms with Gasteiger partial charge < -0.3 is 15.3 Å². The molecule has 6 nitrogen and oxygen atoms in total. The number of rotatable bonds is 3. The van der Waals surface area contributed by atoms with Gasteiger partial charge in [-0.1, -0.05) is 91.0 Å². The fourth-order valence-electron chi connectivity index (χ4n) is 2.51. The van der Waals surface area contributed by atoms with Crippen LogP contribution in [0.4, 0.5) is 0 Å². The Bertz CT molecular complexity index is 759. The molecule has 0 aliphatic rings. The second-order valence-corrected chi connectivity index (χ2v) is 4.97. The normalized spacial score (nSPS) is 7.93. The molecule has 3 aromatic carbocycles. The van der Waals surface area contributed by atoms with Crippen molar-refractivity contribution < 1.29 is 15.3 Å². The number of nitrogens with zero attached hydrogens (tertiary/aromatic N) is 3. The maximum atomic E-state index is 6.88. The molecule has 0 bridgehead atoms. The Balaban J connectivity index is 0.000000695. The summed E-state index contributed by atoms with van der Waals surface area (Å²) in [7, 11) is 0. The van der Waals surface area contributed by atoms with Gasteiger partial charge in [0.2, 0.25) is 0 Å². The van der Waals surface area contributed by atoms with E-state index in [0.717, 1.165) is 18.8 Å². The highest BCUT2D eigenvalue weighted by Crippen LogP contribution is 2.31. The molecule has 0 heterocycles. The van der Waals surface area contributed by atoms with Gasteiger partial charge in [-0.2, -0.15) is 15.8 Å². The van der Waals surface area contributed by atoms with E-state index in [9.17, 15) is 0 Å². The van der Waals surface area contributed by atoms with Gasteiger partial charge in [0.05, 0.1) is 0 Å². The van der Waals surface area contributed by atoms with Crippen molar-refractivity contribution in [1.82, 2.24) is 0 Å². The van der Waals surface area contributed by atoms with Crippen LogP contribution in [0.25, 0.3) is 0 Å². The van der Waals surface area contributed by atoms with Crippen LogP contribution in [0.5, 0.6) is 0 Å². The first kappa shape index (κ1) is 23.5. The molecule has 3 N–H and O–H groups in total. The van der Waals surface area contributed by atoms with Crippen molar-refractivity contribution in [2.45, 2.75) is 5.92 Å². The number of aliphatic hydroxyl groups is 3. The van der Waals surface area contributed by atoms with Crippen LogP contribution in [0.1, 0.15) is 22.6 Å². The lowest BCUT2D eigenvalue weighted by Gasteiger charge is -2.18. The zero-order valence-electron chi connectivity index (χ0n) is 14.9. The Kier molecular flexibility index (Phi) is 13.5. The van der Waals surface area contributed by atoms with Crippen LogP contribution in [-0.4, -0.2) is 15.3 Å². The minimum Gasteiger partial charge on any atom is -0.443 e. The van der Waals surface area contributed by atoms with Gasteiger partial charge in [0.25, 0.3) is 18.8 Å². The second kappa shape index (κ2) is 16.0. The topological polar surface area (TPSA) is 132 Å². The van der Waals surface area contributed by atoms with Gasteiger partial charge in [-0.15, -0.1) is 0 Å². The Hall–Kier alpha value is -4.47. The highest BCUT2D eigenvalue weighted by atomic mass is 16.2. The SMILES string of the molecule is N#CO.N#CO.N#CO.c1ccc(C(c2ccccc2)c2ccccc2)cc1. The number of nitriles is 3. The molecule has 0 amide bonds. The van der Waals surface area contributed by atoms with Crippen molar-refractivity contribution in [3.8, 4) is 18.8 Å². The third kappa shape index (κ3) is 9.13. The molecule has 0 saturated carbocycles. The molecule has 0 aromatic heterocycles. The van der Waals surface area contributed by atoms with E-state index in [1.54, 1.807) is 0 Å². The molecule has 6 heteroatoms. The minimum atomic E-state index is 0.309. The van der Waals surface area contributed by atoms with Gasteiger partial charge in [-0.3, -0.25) is 0 Å². The fourth-order valence-corrected chi connectivity index (χ4v) is 2.51. The summed E-state index contributed by atoms with van der Waals surface area (Å²) in [6.45, 7) is 0. The van der Waals surface area contributed by atoms with E-state index in [2.05, 4.69) is 91.0 Å². The summed E-state index contributed by atoms with van der Waals surface area (Å²) in [5.74, 6) is 0.309. The van der Waals surface area contributed by atoms with E-state index in [1.165, 1.54) is 16.7 Å². The molecule has 0 spiro atoms. The average Bonchev–Trinajstić information content (AvgIpc) is 2.73. The number of aliphatic hydroxyl groups excluding tert-OH is 3. The van der Waals surface area contributed by atoms with Gasteiger partial charge in [-0.05, 0) is 16.7 Å². The van der Waals surface area contributed by atoms with Gasteiger partial charge in [0.15, 0.2) is 0 Å². The van der Waals surface area contributed by atoms with Crippen LogP contribution in [0, 0.1) is 34.6 Å². The quantitative estimate of drug-likeness (QED) is 0.461. The van der Waals surface area contributed by atoms with Crippen LogP contribution >= 0.6 is 0 Å². The molecule has 0 saturated heterocycles. The summed E-state index contributed by atoms with van der Waals surface area (Å²) < 4.78 is 0. The van der Waals surface area contributed by atoms with Crippen molar-refractivity contribution in [2.75, 3.05) is 0 Å². The summed E-state index contributed by atoms with van der Waals surface area (Å²) in [5, 5.41) is 41.2. The first-order valence-corrected chi connectivity index (χ1v) is 7.94. The van der Waals surface area contributed by atoms with Gasteiger partial charge >= 0.3 is 0 Å². The Morgan fingerprint density at radius 2 is 0.643 bits per heavy atom. The second-order valence-electron chi connectivity index (χ2n) is 4.97. The molecule has 140 valence electrons. The molecular weight excluding hydrogens is 354 g/mol. The molecule has 0 aliphatic carbocycles. The van der Waals surface area contributed by atoms with Crippen LogP contribution < -0.4 is 0 Å². The standard InChI is InChI=1S/C19H16.3CHNO/c1-4-10-16(11-5-1)19(17-12-6-2-7-13-17)18-14-8-3-9-15-18;3*2-1-3/h1-15,19H;3*3H. The third-order valence-electron chi connectivity index (χ3n) is 3.40. The summed E-state index contributed by atoms with van der Waals surface area (Å²) >= 11 is 0. The average molecular weight is 373 g/mol. The van der Waals surface area contributed by atoms with E-state index in [-0.39, 0.29) is 0 Å². The first-order chi connectivity index (χ1) is 13.7. The van der Waals surface area contributed by atoms with Crippen molar-refractivity contribution in [2.24, 2.45) is 0 Å². The smallest absolute Gasteiger partial charge is 0.283 e. The van der Waals surface area contributed by atoms with Crippen LogP contribution in [0.3, 0.4) is 0 Å². The van der Waals surface area contributed by atoms with E-state index in [0.29, 0.717) is 5.92 Å². The molecule has 0 radical (unpaired) electrons. The van der Waals surface area contributed by atoms with E-state index in [1.807, 2.05) is 0 Å². The van der Waals surface area contributed by atoms with Crippen molar-refractivity contribution in [1.29, 1.82) is 15.8 Å². The fraction of sp³-hybridized carbons (Fsp3) is 0.0455. The van der Waals surface area contributed by atoms with Crippen LogP contribution in [0.15, 0.2) is 91.0 Å². The van der Waals surface area contributed by atoms with E-state index in [4.69, 9.17) is 31.1 Å². The zero-order chi connectivity index (χ0) is 21.0. The maximum Gasteiger partial charge on any atom is 0.283 e. The van der Waals surface area contributed by atoms with E-state index < -0.39 is 0 Å². The van der Waals surface area contributed by atoms with Crippen LogP contribution in [0.2, 0.25) is 0 Å². The third-order valence-corrected chi connectivity index (χ3v) is 3.40. The molecule has 3 rings (SSSR count). The summed E-state index contributed by atoms with van der Waals surface area (Å²) in [6.07, 6.45) is 2.25.